The van der Waals surface area contributed by atoms with Gasteiger partial charge in [0.25, 0.3) is 0 Å². The van der Waals surface area contributed by atoms with Crippen molar-refractivity contribution in [3.63, 3.8) is 0 Å². The zero-order valence-corrected chi connectivity index (χ0v) is 18.2. The number of rotatable bonds is 17. The van der Waals surface area contributed by atoms with Crippen LogP contribution in [0.2, 0.25) is 0 Å². The van der Waals surface area contributed by atoms with Crippen LogP contribution in [0.4, 0.5) is 0 Å². The molecule has 0 aliphatic heterocycles. The molecule has 27 heavy (non-hydrogen) atoms. The van der Waals surface area contributed by atoms with E-state index in [2.05, 4.69) is 72.8 Å². The summed E-state index contributed by atoms with van der Waals surface area (Å²) in [6.07, 6.45) is 30.1. The van der Waals surface area contributed by atoms with Gasteiger partial charge in [-0.15, -0.1) is 0 Å². The molecule has 0 aromatic heterocycles. The minimum absolute atomic E-state index is 0.629. The summed E-state index contributed by atoms with van der Waals surface area (Å²) in [5, 5.41) is 2.81. The van der Waals surface area contributed by atoms with Crippen molar-refractivity contribution in [2.45, 2.75) is 58.3 Å². The molecule has 154 valence electrons. The number of hydrogen-bond donors (Lipinski definition) is 1. The van der Waals surface area contributed by atoms with Crippen molar-refractivity contribution in [1.29, 1.82) is 0 Å². The molecular formula is C22H38NO3P. The first-order valence-corrected chi connectivity index (χ1v) is 11.4. The van der Waals surface area contributed by atoms with Crippen LogP contribution in [0.1, 0.15) is 58.3 Å². The molecule has 0 atom stereocenters. The normalized spacial score (nSPS) is 13.4. The topological polar surface area (TPSA) is 47.6 Å². The molecule has 0 amide bonds. The first kappa shape index (κ1) is 25.8. The highest BCUT2D eigenvalue weighted by molar-refractivity contribution is 7.51. The van der Waals surface area contributed by atoms with Crippen LogP contribution in [0.25, 0.3) is 0 Å². The van der Waals surface area contributed by atoms with Crippen LogP contribution in [-0.2, 0) is 13.6 Å². The van der Waals surface area contributed by atoms with Crippen LogP contribution >= 0.6 is 7.75 Å². The molecule has 1 N–H and O–H groups in total. The molecule has 0 aromatic carbocycles. The Morgan fingerprint density at radius 2 is 1.15 bits per heavy atom. The molecule has 0 radical (unpaired) electrons. The van der Waals surface area contributed by atoms with E-state index < -0.39 is 7.75 Å². The number of allylic oxidation sites excluding steroid dienone is 10. The summed E-state index contributed by atoms with van der Waals surface area (Å²) in [6, 6.07) is 0. The molecule has 0 spiro atoms. The van der Waals surface area contributed by atoms with Gasteiger partial charge in [0.15, 0.2) is 0 Å². The van der Waals surface area contributed by atoms with Gasteiger partial charge in [0.1, 0.15) is 0 Å². The predicted molar refractivity (Wildman–Crippen MR) is 118 cm³/mol. The highest BCUT2D eigenvalue weighted by Gasteiger charge is 2.18. The summed E-state index contributed by atoms with van der Waals surface area (Å²) in [7, 11) is -0.297. The van der Waals surface area contributed by atoms with E-state index in [1.54, 1.807) is 0 Å². The Morgan fingerprint density at radius 3 is 1.59 bits per heavy atom. The minimum Gasteiger partial charge on any atom is -0.300 e. The Bertz CT molecular complexity index is 514. The summed E-state index contributed by atoms with van der Waals surface area (Å²) in [5.74, 6) is 0. The Labute approximate surface area is 166 Å². The van der Waals surface area contributed by atoms with Crippen LogP contribution in [-0.4, -0.2) is 20.8 Å². The largest absolute Gasteiger partial charge is 0.404 e. The van der Waals surface area contributed by atoms with E-state index in [1.165, 1.54) is 14.2 Å². The monoisotopic (exact) mass is 395 g/mol. The van der Waals surface area contributed by atoms with E-state index >= 15 is 0 Å². The lowest BCUT2D eigenvalue weighted by molar-refractivity contribution is 0.264. The van der Waals surface area contributed by atoms with Crippen LogP contribution in [0.5, 0.6) is 0 Å². The smallest absolute Gasteiger partial charge is 0.300 e. The Hall–Kier alpha value is -1.19. The number of unbranched alkanes of at least 4 members (excludes halogenated alkanes) is 2. The zero-order valence-electron chi connectivity index (χ0n) is 17.3. The lowest BCUT2D eigenvalue weighted by atomic mass is 10.2. The molecule has 0 fully saturated rings. The van der Waals surface area contributed by atoms with E-state index in [4.69, 9.17) is 9.05 Å². The van der Waals surface area contributed by atoms with Gasteiger partial charge >= 0.3 is 7.75 Å². The van der Waals surface area contributed by atoms with Gasteiger partial charge in [0.05, 0.1) is 0 Å². The van der Waals surface area contributed by atoms with Crippen LogP contribution in [0.3, 0.4) is 0 Å². The number of hydrogen-bond acceptors (Lipinski definition) is 3. The molecule has 0 unspecified atom stereocenters. The molecule has 0 saturated carbocycles. The second-order valence-corrected chi connectivity index (χ2v) is 8.02. The molecule has 0 aromatic rings. The fraction of sp³-hybridized carbons (Fsp3) is 0.545. The SMILES string of the molecule is CC/C=C\C/C=C\C/C=C\C/C=C\C/C=C\CCCCNP(=O)(OC)OC. The van der Waals surface area contributed by atoms with E-state index in [0.717, 1.165) is 51.4 Å². The molecule has 0 aliphatic carbocycles. The van der Waals surface area contributed by atoms with Crippen LogP contribution in [0, 0.1) is 0 Å². The average molecular weight is 396 g/mol. The summed E-state index contributed by atoms with van der Waals surface area (Å²) < 4.78 is 21.4. The Kier molecular flexibility index (Phi) is 18.7. The lowest BCUT2D eigenvalue weighted by Crippen LogP contribution is -2.14. The third kappa shape index (κ3) is 18.0. The standard InChI is InChI=1S/C22H38NO3P/c1-4-5-6-7-8-9-10-11-12-13-14-15-16-17-18-19-20-21-22-23-27(24,25-2)26-3/h5-6,8-9,11-12,14-15,17-18H,4,7,10,13,16,19-22H2,1-3H3,(H,23,24)/b6-5-,9-8-,12-11-,15-14-,18-17-. The van der Waals surface area contributed by atoms with Crippen molar-refractivity contribution in [1.82, 2.24) is 5.09 Å². The Morgan fingerprint density at radius 1 is 0.704 bits per heavy atom. The molecule has 0 aliphatic rings. The Balaban J connectivity index is 3.54. The van der Waals surface area contributed by atoms with Gasteiger partial charge in [0, 0.05) is 20.8 Å². The first-order valence-electron chi connectivity index (χ1n) is 9.90. The van der Waals surface area contributed by atoms with Crippen molar-refractivity contribution < 1.29 is 13.6 Å². The van der Waals surface area contributed by atoms with Gasteiger partial charge in [-0.1, -0.05) is 67.7 Å². The van der Waals surface area contributed by atoms with Gasteiger partial charge in [-0.05, 0) is 51.4 Å². The molecule has 4 nitrogen and oxygen atoms in total. The zero-order chi connectivity index (χ0) is 20.1. The third-order valence-electron chi connectivity index (χ3n) is 3.74. The van der Waals surface area contributed by atoms with Gasteiger partial charge in [-0.3, -0.25) is 0 Å². The molecule has 0 bridgehead atoms. The maximum atomic E-state index is 11.7. The molecule has 0 heterocycles. The van der Waals surface area contributed by atoms with Gasteiger partial charge < -0.3 is 9.05 Å². The lowest BCUT2D eigenvalue weighted by Gasteiger charge is -2.13. The second-order valence-electron chi connectivity index (χ2n) is 5.97. The predicted octanol–water partition coefficient (Wildman–Crippen LogP) is 6.90. The molecule has 0 saturated heterocycles. The van der Waals surface area contributed by atoms with E-state index in [9.17, 15) is 4.57 Å². The van der Waals surface area contributed by atoms with E-state index in [-0.39, 0.29) is 0 Å². The van der Waals surface area contributed by atoms with E-state index in [0.29, 0.717) is 6.54 Å². The summed E-state index contributed by atoms with van der Waals surface area (Å²) in [6.45, 7) is 2.78. The maximum Gasteiger partial charge on any atom is 0.404 e. The minimum atomic E-state index is -3.06. The summed E-state index contributed by atoms with van der Waals surface area (Å²) >= 11 is 0. The number of nitrogens with one attached hydrogen (secondary N) is 1. The van der Waals surface area contributed by atoms with E-state index in [1.807, 2.05) is 0 Å². The van der Waals surface area contributed by atoms with Gasteiger partial charge in [0.2, 0.25) is 0 Å². The third-order valence-corrected chi connectivity index (χ3v) is 5.31. The van der Waals surface area contributed by atoms with Crippen molar-refractivity contribution in [3.8, 4) is 0 Å². The van der Waals surface area contributed by atoms with Crippen molar-refractivity contribution >= 4 is 7.75 Å². The van der Waals surface area contributed by atoms with Crippen LogP contribution in [0.15, 0.2) is 60.8 Å². The summed E-state index contributed by atoms with van der Waals surface area (Å²) in [4.78, 5) is 0. The average Bonchev–Trinajstić information content (AvgIpc) is 2.69. The highest BCUT2D eigenvalue weighted by Crippen LogP contribution is 2.41. The quantitative estimate of drug-likeness (QED) is 0.165. The van der Waals surface area contributed by atoms with Gasteiger partial charge in [-0.2, -0.15) is 0 Å². The summed E-state index contributed by atoms with van der Waals surface area (Å²) in [5.41, 5.74) is 0. The van der Waals surface area contributed by atoms with Crippen LogP contribution < -0.4 is 5.09 Å². The van der Waals surface area contributed by atoms with Crippen molar-refractivity contribution in [3.05, 3.63) is 60.8 Å². The van der Waals surface area contributed by atoms with Gasteiger partial charge in [-0.25, -0.2) is 9.65 Å². The molecular weight excluding hydrogens is 357 g/mol. The highest BCUT2D eigenvalue weighted by atomic mass is 31.2. The fourth-order valence-electron chi connectivity index (χ4n) is 2.18. The first-order chi connectivity index (χ1) is 13.2. The fourth-order valence-corrected chi connectivity index (χ4v) is 3.01. The molecule has 5 heteroatoms. The second kappa shape index (κ2) is 19.6. The van der Waals surface area contributed by atoms with Crippen molar-refractivity contribution in [2.24, 2.45) is 0 Å². The molecule has 0 rings (SSSR count). The maximum absolute atomic E-state index is 11.7. The van der Waals surface area contributed by atoms with Crippen molar-refractivity contribution in [2.75, 3.05) is 20.8 Å².